The van der Waals surface area contributed by atoms with Gasteiger partial charge in [-0.3, -0.25) is 9.59 Å². The second-order valence-electron chi connectivity index (χ2n) is 15.1. The average Bonchev–Trinajstić information content (AvgIpc) is 4.15. The molecule has 6 heterocycles. The number of fused-ring (bicyclic) bond motifs is 3. The minimum atomic E-state index is -0.563. The molecule has 62 heavy (non-hydrogen) atoms. The van der Waals surface area contributed by atoms with Crippen LogP contribution in [0.4, 0.5) is 0 Å². The number of amides is 2. The van der Waals surface area contributed by atoms with Crippen LogP contribution in [0.25, 0.3) is 86.6 Å². The number of carbonyl (C=O) groups is 3. The van der Waals surface area contributed by atoms with E-state index in [1.807, 2.05) is 18.5 Å². The first-order valence-corrected chi connectivity index (χ1v) is 22.2. The van der Waals surface area contributed by atoms with Gasteiger partial charge in [0.15, 0.2) is 17.9 Å². The summed E-state index contributed by atoms with van der Waals surface area (Å²) in [6.07, 6.45) is 10.7. The molecule has 0 saturated carbocycles. The lowest BCUT2D eigenvalue weighted by atomic mass is 10.0. The molecular weight excluding hydrogens is 815 g/mol. The number of hydroxylamine groups is 2. The van der Waals surface area contributed by atoms with Crippen LogP contribution in [0.2, 0.25) is 0 Å². The van der Waals surface area contributed by atoms with Gasteiger partial charge in [-0.2, -0.15) is 0 Å². The highest BCUT2D eigenvalue weighted by Crippen LogP contribution is 2.44. The summed E-state index contributed by atoms with van der Waals surface area (Å²) < 4.78 is 7.61. The summed E-state index contributed by atoms with van der Waals surface area (Å²) in [6.45, 7) is 0.770. The van der Waals surface area contributed by atoms with Crippen molar-refractivity contribution in [3.8, 4) is 41.9 Å². The molecule has 0 N–H and O–H groups in total. The van der Waals surface area contributed by atoms with E-state index in [0.29, 0.717) is 28.2 Å². The Balaban J connectivity index is 0.932. The molecule has 1 aliphatic rings. The maximum absolute atomic E-state index is 12.2. The van der Waals surface area contributed by atoms with E-state index < -0.39 is 17.8 Å². The summed E-state index contributed by atoms with van der Waals surface area (Å²) in [5.74, 6) is -1.50. The lowest BCUT2D eigenvalue weighted by Crippen LogP contribution is -2.32. The molecule has 0 spiro atoms. The van der Waals surface area contributed by atoms with Gasteiger partial charge in [0.25, 0.3) is 11.8 Å². The van der Waals surface area contributed by atoms with E-state index in [1.165, 1.54) is 32.7 Å². The summed E-state index contributed by atoms with van der Waals surface area (Å²) in [4.78, 5) is 50.2. The van der Waals surface area contributed by atoms with E-state index in [-0.39, 0.29) is 19.3 Å². The number of rotatable bonds is 13. The van der Waals surface area contributed by atoms with Crippen LogP contribution in [0.1, 0.15) is 49.8 Å². The van der Waals surface area contributed by atoms with Crippen molar-refractivity contribution in [2.45, 2.75) is 45.1 Å². The molecule has 0 atom stereocenters. The molecule has 4 aromatic carbocycles. The molecule has 0 radical (unpaired) electrons. The van der Waals surface area contributed by atoms with E-state index in [2.05, 4.69) is 142 Å². The van der Waals surface area contributed by atoms with Gasteiger partial charge in [0.2, 0.25) is 0 Å². The quantitative estimate of drug-likeness (QED) is 0.0639. The smallest absolute Gasteiger partial charge is 0.330 e. The van der Waals surface area contributed by atoms with Crippen molar-refractivity contribution in [3.05, 3.63) is 145 Å². The van der Waals surface area contributed by atoms with E-state index in [1.54, 1.807) is 22.7 Å². The van der Waals surface area contributed by atoms with Gasteiger partial charge in [-0.15, -0.1) is 27.7 Å². The first-order valence-electron chi connectivity index (χ1n) is 20.5. The monoisotopic (exact) mass is 852 g/mol. The maximum Gasteiger partial charge on any atom is 0.333 e. The number of aryl methyl sites for hydroxylation is 1. The summed E-state index contributed by atoms with van der Waals surface area (Å²) >= 11 is 3.37. The molecule has 1 aliphatic heterocycles. The van der Waals surface area contributed by atoms with Gasteiger partial charge in [-0.05, 0) is 91.7 Å². The topological polar surface area (TPSA) is 119 Å². The molecule has 0 bridgehead atoms. The molecule has 9 aromatic rings. The Labute approximate surface area is 364 Å². The van der Waals surface area contributed by atoms with E-state index >= 15 is 0 Å². The number of aromatic nitrogens is 4. The molecular formula is C50H38N5O5S2+. The van der Waals surface area contributed by atoms with Gasteiger partial charge in [0.1, 0.15) is 17.8 Å². The minimum absolute atomic E-state index is 0.0834. The highest BCUT2D eigenvalue weighted by Gasteiger charge is 2.32. The number of pyridine rings is 2. The Morgan fingerprint density at radius 2 is 1.26 bits per heavy atom. The fourth-order valence-corrected chi connectivity index (χ4v) is 10.1. The fourth-order valence-electron chi connectivity index (χ4n) is 7.95. The molecule has 1 saturated heterocycles. The number of unbranched alkanes of at least 4 members (excludes halogenated alkanes) is 2. The maximum atomic E-state index is 12.2. The van der Waals surface area contributed by atoms with Crippen LogP contribution in [-0.2, 0) is 25.8 Å². The lowest BCUT2D eigenvalue weighted by molar-refractivity contribution is -0.697. The van der Waals surface area contributed by atoms with Crippen LogP contribution in [0.15, 0.2) is 138 Å². The van der Waals surface area contributed by atoms with Gasteiger partial charge >= 0.3 is 5.97 Å². The Morgan fingerprint density at radius 3 is 1.95 bits per heavy atom. The van der Waals surface area contributed by atoms with E-state index in [0.717, 1.165) is 55.7 Å². The second-order valence-corrected chi connectivity index (χ2v) is 17.3. The summed E-state index contributed by atoms with van der Waals surface area (Å²) in [7, 11) is 0. The summed E-state index contributed by atoms with van der Waals surface area (Å²) in [5, 5.41) is 14.3. The van der Waals surface area contributed by atoms with Crippen molar-refractivity contribution < 1.29 is 28.4 Å². The second kappa shape index (κ2) is 17.1. The standard InChI is InChI=1S/C50H38N5O5S2/c56-44-25-26-45(57)55(44)59-46(58)18-2-1-7-29-54-30-27-32(28-31-54)19-20-39-47(42-23-21-40(61-42)37-16-8-12-33-10-3-5-14-35(33)37)49-50(53-60-52-49)48(51-39)43-24-22-41(62-43)38-17-9-13-34-11-4-6-15-36(34)38/h3-6,8-17,19-24,27-28,30-31H,1-2,7,18,25-26,29H2/q+1/b20-19+. The van der Waals surface area contributed by atoms with Gasteiger partial charge in [0.05, 0.1) is 10.6 Å². The largest absolute Gasteiger partial charge is 0.333 e. The highest BCUT2D eigenvalue weighted by molar-refractivity contribution is 7.19. The zero-order valence-electron chi connectivity index (χ0n) is 33.4. The number of benzene rings is 4. The van der Waals surface area contributed by atoms with E-state index in [9.17, 15) is 14.4 Å². The molecule has 1 fully saturated rings. The van der Waals surface area contributed by atoms with Crippen molar-refractivity contribution in [1.29, 1.82) is 0 Å². The molecule has 0 unspecified atom stereocenters. The molecule has 0 aliphatic carbocycles. The number of hydrogen-bond acceptors (Lipinski definition) is 10. The van der Waals surface area contributed by atoms with E-state index in [4.69, 9.17) is 14.5 Å². The van der Waals surface area contributed by atoms with Crippen molar-refractivity contribution in [3.63, 3.8) is 0 Å². The predicted octanol–water partition coefficient (Wildman–Crippen LogP) is 11.3. The minimum Gasteiger partial charge on any atom is -0.330 e. The number of thiophene rings is 2. The number of imide groups is 1. The highest BCUT2D eigenvalue weighted by atomic mass is 32.1. The first-order chi connectivity index (χ1) is 30.5. The van der Waals surface area contributed by atoms with Crippen LogP contribution in [0.3, 0.4) is 0 Å². The third kappa shape index (κ3) is 7.81. The van der Waals surface area contributed by atoms with Crippen LogP contribution in [-0.4, -0.2) is 38.1 Å². The zero-order chi connectivity index (χ0) is 42.0. The molecule has 2 amide bonds. The van der Waals surface area contributed by atoms with Gasteiger partial charge in [0, 0.05) is 58.0 Å². The predicted molar refractivity (Wildman–Crippen MR) is 243 cm³/mol. The Kier molecular flexibility index (Phi) is 10.7. The Morgan fingerprint density at radius 1 is 0.661 bits per heavy atom. The number of nitrogens with zero attached hydrogens (tertiary/aromatic N) is 5. The first kappa shape index (κ1) is 39.0. The van der Waals surface area contributed by atoms with Crippen LogP contribution < -0.4 is 4.57 Å². The third-order valence-electron chi connectivity index (χ3n) is 11.1. The van der Waals surface area contributed by atoms with Gasteiger partial charge in [-0.1, -0.05) is 91.0 Å². The Hall–Kier alpha value is -7.15. The zero-order valence-corrected chi connectivity index (χ0v) is 35.0. The average molecular weight is 853 g/mol. The van der Waals surface area contributed by atoms with Crippen LogP contribution in [0.5, 0.6) is 0 Å². The molecule has 5 aromatic heterocycles. The normalized spacial score (nSPS) is 13.1. The van der Waals surface area contributed by atoms with Gasteiger partial charge < -0.3 is 4.84 Å². The number of carbonyl (C=O) groups excluding carboxylic acids is 3. The summed E-state index contributed by atoms with van der Waals surface area (Å²) in [6, 6.07) is 42.4. The van der Waals surface area contributed by atoms with Crippen molar-refractivity contribution in [2.24, 2.45) is 0 Å². The molecule has 12 heteroatoms. The van der Waals surface area contributed by atoms with Crippen molar-refractivity contribution >= 4 is 85.2 Å². The molecule has 10 rings (SSSR count). The molecule has 304 valence electrons. The third-order valence-corrected chi connectivity index (χ3v) is 13.3. The van der Waals surface area contributed by atoms with Crippen LogP contribution in [0, 0.1) is 0 Å². The van der Waals surface area contributed by atoms with Crippen LogP contribution >= 0.6 is 22.7 Å². The number of hydrogen-bond donors (Lipinski definition) is 0. The summed E-state index contributed by atoms with van der Waals surface area (Å²) in [5.41, 5.74) is 6.92. The van der Waals surface area contributed by atoms with Crippen molar-refractivity contribution in [1.82, 2.24) is 20.4 Å². The van der Waals surface area contributed by atoms with Crippen molar-refractivity contribution in [2.75, 3.05) is 0 Å². The SMILES string of the molecule is O=C(CCCCC[n+]1ccc(/C=C/c2nc(-c3ccc(-c4cccc5ccccc45)s3)c3nonc3c2-c2ccc(-c3cccc4ccccc34)s2)cc1)ON1C(=O)CCC1=O. The Bertz CT molecular complexity index is 3160. The lowest BCUT2D eigenvalue weighted by Gasteiger charge is -2.12. The van der Waals surface area contributed by atoms with Gasteiger partial charge in [-0.25, -0.2) is 19.0 Å². The molecule has 10 nitrogen and oxygen atoms in total. The fraction of sp³-hybridized carbons (Fsp3) is 0.140.